The van der Waals surface area contributed by atoms with Crippen molar-refractivity contribution in [1.29, 1.82) is 0 Å². The van der Waals surface area contributed by atoms with Gasteiger partial charge in [0.1, 0.15) is 0 Å². The molecule has 0 saturated carbocycles. The molecule has 1 aromatic carbocycles. The highest BCUT2D eigenvalue weighted by molar-refractivity contribution is 5.37. The van der Waals surface area contributed by atoms with Gasteiger partial charge >= 0.3 is 0 Å². The van der Waals surface area contributed by atoms with E-state index in [1.165, 1.54) is 44.5 Å². The van der Waals surface area contributed by atoms with Crippen LogP contribution < -0.4 is 5.32 Å². The van der Waals surface area contributed by atoms with Gasteiger partial charge in [-0.25, -0.2) is 0 Å². The average Bonchev–Trinajstić information content (AvgIpc) is 3.02. The quantitative estimate of drug-likeness (QED) is 0.904. The van der Waals surface area contributed by atoms with Crippen molar-refractivity contribution in [1.82, 2.24) is 10.2 Å². The third-order valence-corrected chi connectivity index (χ3v) is 5.08. The lowest BCUT2D eigenvalue weighted by Gasteiger charge is -2.21. The molecule has 1 aromatic rings. The van der Waals surface area contributed by atoms with Gasteiger partial charge in [0.15, 0.2) is 0 Å². The third-order valence-electron chi connectivity index (χ3n) is 5.08. The number of nitrogens with zero attached hydrogens (tertiary/aromatic N) is 1. The van der Waals surface area contributed by atoms with Gasteiger partial charge in [0, 0.05) is 18.6 Å². The van der Waals surface area contributed by atoms with Gasteiger partial charge in [-0.1, -0.05) is 23.8 Å². The Kier molecular flexibility index (Phi) is 4.13. The van der Waals surface area contributed by atoms with Crippen LogP contribution in [0.4, 0.5) is 0 Å². The van der Waals surface area contributed by atoms with E-state index in [-0.39, 0.29) is 0 Å². The Balaban J connectivity index is 1.55. The van der Waals surface area contributed by atoms with Gasteiger partial charge in [-0.3, -0.25) is 0 Å². The maximum Gasteiger partial charge on any atom is 0.0326 e. The number of nitrogens with one attached hydrogen (secondary N) is 1. The van der Waals surface area contributed by atoms with Gasteiger partial charge < -0.3 is 10.2 Å². The van der Waals surface area contributed by atoms with E-state index in [0.717, 1.165) is 5.92 Å². The van der Waals surface area contributed by atoms with Crippen LogP contribution >= 0.6 is 0 Å². The molecule has 2 atom stereocenters. The van der Waals surface area contributed by atoms with E-state index in [1.807, 2.05) is 0 Å². The van der Waals surface area contributed by atoms with E-state index in [1.54, 1.807) is 11.1 Å². The maximum atomic E-state index is 3.84. The SMILES string of the molecule is Cc1ccc2c(c1)C(NCC1CCN(C(C)C)C1)CC2. The van der Waals surface area contributed by atoms with Crippen molar-refractivity contribution >= 4 is 0 Å². The zero-order valence-corrected chi connectivity index (χ0v) is 13.2. The number of fused-ring (bicyclic) bond motifs is 1. The molecule has 0 bridgehead atoms. The monoisotopic (exact) mass is 272 g/mol. The van der Waals surface area contributed by atoms with Crippen molar-refractivity contribution in [3.05, 3.63) is 34.9 Å². The number of hydrogen-bond donors (Lipinski definition) is 1. The Labute approximate surface area is 123 Å². The van der Waals surface area contributed by atoms with E-state index in [0.29, 0.717) is 12.1 Å². The van der Waals surface area contributed by atoms with Gasteiger partial charge in [-0.05, 0) is 70.2 Å². The average molecular weight is 272 g/mol. The molecule has 2 heteroatoms. The van der Waals surface area contributed by atoms with Gasteiger partial charge in [0.2, 0.25) is 0 Å². The van der Waals surface area contributed by atoms with E-state index >= 15 is 0 Å². The maximum absolute atomic E-state index is 3.84. The minimum atomic E-state index is 0.595. The Morgan fingerprint density at radius 2 is 2.15 bits per heavy atom. The summed E-state index contributed by atoms with van der Waals surface area (Å²) in [5.41, 5.74) is 4.51. The molecule has 2 aliphatic rings. The highest BCUT2D eigenvalue weighted by atomic mass is 15.2. The molecule has 1 saturated heterocycles. The second kappa shape index (κ2) is 5.87. The van der Waals surface area contributed by atoms with Crippen LogP contribution in [0.15, 0.2) is 18.2 Å². The molecule has 1 aliphatic carbocycles. The summed E-state index contributed by atoms with van der Waals surface area (Å²) in [6, 6.07) is 8.25. The lowest BCUT2D eigenvalue weighted by molar-refractivity contribution is 0.262. The molecule has 1 fully saturated rings. The predicted molar refractivity (Wildman–Crippen MR) is 85.1 cm³/mol. The Morgan fingerprint density at radius 3 is 2.90 bits per heavy atom. The summed E-state index contributed by atoms with van der Waals surface area (Å²) in [6.45, 7) is 10.6. The molecule has 1 aliphatic heterocycles. The zero-order valence-electron chi connectivity index (χ0n) is 13.2. The fraction of sp³-hybridized carbons (Fsp3) is 0.667. The van der Waals surface area contributed by atoms with Crippen molar-refractivity contribution in [2.75, 3.05) is 19.6 Å². The number of benzene rings is 1. The molecular formula is C18H28N2. The first kappa shape index (κ1) is 14.1. The highest BCUT2D eigenvalue weighted by Gasteiger charge is 2.27. The fourth-order valence-corrected chi connectivity index (χ4v) is 3.74. The highest BCUT2D eigenvalue weighted by Crippen LogP contribution is 2.32. The number of hydrogen-bond acceptors (Lipinski definition) is 2. The van der Waals surface area contributed by atoms with E-state index in [2.05, 4.69) is 49.2 Å². The fourth-order valence-electron chi connectivity index (χ4n) is 3.74. The van der Waals surface area contributed by atoms with Crippen LogP contribution in [0.25, 0.3) is 0 Å². The molecule has 0 aromatic heterocycles. The minimum Gasteiger partial charge on any atom is -0.310 e. The molecule has 0 radical (unpaired) electrons. The first-order valence-corrected chi connectivity index (χ1v) is 8.20. The lowest BCUT2D eigenvalue weighted by atomic mass is 10.0. The van der Waals surface area contributed by atoms with Crippen molar-refractivity contribution in [2.24, 2.45) is 5.92 Å². The van der Waals surface area contributed by atoms with Crippen LogP contribution in [0.2, 0.25) is 0 Å². The van der Waals surface area contributed by atoms with Crippen molar-refractivity contribution in [2.45, 2.75) is 52.1 Å². The van der Waals surface area contributed by atoms with Crippen molar-refractivity contribution in [3.63, 3.8) is 0 Å². The van der Waals surface area contributed by atoms with E-state index in [4.69, 9.17) is 0 Å². The van der Waals surface area contributed by atoms with Crippen LogP contribution in [0.5, 0.6) is 0 Å². The lowest BCUT2D eigenvalue weighted by Crippen LogP contribution is -2.31. The number of rotatable bonds is 4. The minimum absolute atomic E-state index is 0.595. The summed E-state index contributed by atoms with van der Waals surface area (Å²) in [6.07, 6.45) is 3.88. The van der Waals surface area contributed by atoms with Crippen LogP contribution in [-0.4, -0.2) is 30.6 Å². The van der Waals surface area contributed by atoms with E-state index < -0.39 is 0 Å². The molecule has 0 spiro atoms. The first-order chi connectivity index (χ1) is 9.63. The van der Waals surface area contributed by atoms with E-state index in [9.17, 15) is 0 Å². The molecule has 1 heterocycles. The number of aryl methyl sites for hydroxylation is 2. The molecule has 0 amide bonds. The van der Waals surface area contributed by atoms with Crippen LogP contribution in [0.1, 0.15) is 49.4 Å². The Morgan fingerprint density at radius 1 is 1.30 bits per heavy atom. The first-order valence-electron chi connectivity index (χ1n) is 8.20. The molecule has 1 N–H and O–H groups in total. The van der Waals surface area contributed by atoms with Gasteiger partial charge in [0.05, 0.1) is 0 Å². The molecule has 110 valence electrons. The van der Waals surface area contributed by atoms with Crippen molar-refractivity contribution < 1.29 is 0 Å². The van der Waals surface area contributed by atoms with Crippen LogP contribution in [-0.2, 0) is 6.42 Å². The van der Waals surface area contributed by atoms with Crippen LogP contribution in [0.3, 0.4) is 0 Å². The summed E-state index contributed by atoms with van der Waals surface area (Å²) >= 11 is 0. The third kappa shape index (κ3) is 2.91. The molecule has 2 unspecified atom stereocenters. The topological polar surface area (TPSA) is 15.3 Å². The molecule has 3 rings (SSSR count). The van der Waals surface area contributed by atoms with Crippen LogP contribution in [0, 0.1) is 12.8 Å². The van der Waals surface area contributed by atoms with Crippen molar-refractivity contribution in [3.8, 4) is 0 Å². The predicted octanol–water partition coefficient (Wildman–Crippen LogP) is 3.30. The van der Waals surface area contributed by atoms with Gasteiger partial charge in [-0.2, -0.15) is 0 Å². The summed E-state index contributed by atoms with van der Waals surface area (Å²) < 4.78 is 0. The second-order valence-electron chi connectivity index (χ2n) is 6.95. The normalized spacial score (nSPS) is 26.4. The summed E-state index contributed by atoms with van der Waals surface area (Å²) in [4.78, 5) is 2.61. The zero-order chi connectivity index (χ0) is 14.1. The Hall–Kier alpha value is -0.860. The number of likely N-dealkylation sites (tertiary alicyclic amines) is 1. The molecule has 20 heavy (non-hydrogen) atoms. The summed E-state index contributed by atoms with van der Waals surface area (Å²) in [5, 5.41) is 3.84. The smallest absolute Gasteiger partial charge is 0.0326 e. The Bertz CT molecular complexity index is 466. The van der Waals surface area contributed by atoms with Gasteiger partial charge in [-0.15, -0.1) is 0 Å². The summed E-state index contributed by atoms with van der Waals surface area (Å²) in [7, 11) is 0. The molecular weight excluding hydrogens is 244 g/mol. The largest absolute Gasteiger partial charge is 0.310 e. The summed E-state index contributed by atoms with van der Waals surface area (Å²) in [5.74, 6) is 0.839. The van der Waals surface area contributed by atoms with Gasteiger partial charge in [0.25, 0.3) is 0 Å². The second-order valence-corrected chi connectivity index (χ2v) is 6.95. The standard InChI is InChI=1S/C18H28N2/c1-13(2)20-9-8-15(12-20)11-19-18-7-6-16-5-4-14(3)10-17(16)18/h4-5,10,13,15,18-19H,6-9,11-12H2,1-3H3. The molecule has 2 nitrogen and oxygen atoms in total.